The van der Waals surface area contributed by atoms with Gasteiger partial charge in [-0.25, -0.2) is 9.86 Å². The number of likely N-dealkylation sites (tertiary alicyclic amines) is 1. The third kappa shape index (κ3) is 2.09. The molecule has 2 amide bonds. The van der Waals surface area contributed by atoms with Gasteiger partial charge in [-0.2, -0.15) is 0 Å². The number of amides is 2. The van der Waals surface area contributed by atoms with Crippen LogP contribution in [0.5, 0.6) is 0 Å². The quantitative estimate of drug-likeness (QED) is 0.615. The predicted molar refractivity (Wildman–Crippen MR) is 57.3 cm³/mol. The van der Waals surface area contributed by atoms with Gasteiger partial charge in [0, 0.05) is 12.1 Å². The topological polar surface area (TPSA) is 32.8 Å². The van der Waals surface area contributed by atoms with E-state index < -0.39 is 0 Å². The minimum atomic E-state index is 0.0622. The average molecular weight is 212 g/mol. The second-order valence-electron chi connectivity index (χ2n) is 4.61. The summed E-state index contributed by atoms with van der Waals surface area (Å²) in [4.78, 5) is 19.4. The predicted octanol–water partition coefficient (Wildman–Crippen LogP) is 2.01. The molecule has 2 aliphatic heterocycles. The van der Waals surface area contributed by atoms with Gasteiger partial charge in [-0.1, -0.05) is 0 Å². The lowest BCUT2D eigenvalue weighted by molar-refractivity contribution is -0.0851. The van der Waals surface area contributed by atoms with E-state index in [2.05, 4.69) is 13.8 Å². The smallest absolute Gasteiger partial charge is 0.317 e. The molecule has 0 aromatic rings. The van der Waals surface area contributed by atoms with Crippen molar-refractivity contribution in [1.82, 2.24) is 9.96 Å². The molecule has 15 heavy (non-hydrogen) atoms. The number of hydrogen-bond acceptors (Lipinski definition) is 2. The van der Waals surface area contributed by atoms with Crippen LogP contribution in [0.4, 0.5) is 4.79 Å². The van der Waals surface area contributed by atoms with Crippen LogP contribution in [-0.2, 0) is 4.84 Å². The Hall–Kier alpha value is -0.770. The van der Waals surface area contributed by atoms with Gasteiger partial charge in [0.15, 0.2) is 0 Å². The average Bonchev–Trinajstić information content (AvgIpc) is 2.69. The Kier molecular flexibility index (Phi) is 3.14. The molecule has 2 fully saturated rings. The number of carbonyl (C=O) groups is 1. The van der Waals surface area contributed by atoms with E-state index in [1.165, 1.54) is 11.5 Å². The molecule has 0 aromatic heterocycles. The number of piperidine rings is 1. The zero-order valence-electron chi connectivity index (χ0n) is 9.61. The molecule has 0 spiro atoms. The summed E-state index contributed by atoms with van der Waals surface area (Å²) < 4.78 is 0. The first-order valence-electron chi connectivity index (χ1n) is 5.93. The highest BCUT2D eigenvalue weighted by molar-refractivity contribution is 5.74. The Labute approximate surface area is 91.1 Å². The zero-order chi connectivity index (χ0) is 10.8. The van der Waals surface area contributed by atoms with E-state index in [0.717, 1.165) is 25.8 Å². The molecule has 0 radical (unpaired) electrons. The molecule has 0 bridgehead atoms. The lowest BCUT2D eigenvalue weighted by atomic mass is 9.98. The van der Waals surface area contributed by atoms with Gasteiger partial charge in [-0.15, -0.1) is 0 Å². The Bertz CT molecular complexity index is 229. The van der Waals surface area contributed by atoms with Crippen LogP contribution in [0.1, 0.15) is 39.5 Å². The summed E-state index contributed by atoms with van der Waals surface area (Å²) in [6.07, 6.45) is 4.42. The van der Waals surface area contributed by atoms with Crippen LogP contribution in [0, 0.1) is 0 Å². The van der Waals surface area contributed by atoms with E-state index in [0.29, 0.717) is 18.7 Å². The molecule has 0 unspecified atom stereocenters. The lowest BCUT2D eigenvalue weighted by Gasteiger charge is -2.40. The van der Waals surface area contributed by atoms with Crippen LogP contribution in [0.15, 0.2) is 0 Å². The minimum absolute atomic E-state index is 0.0622. The van der Waals surface area contributed by atoms with Gasteiger partial charge in [0.2, 0.25) is 0 Å². The molecular weight excluding hydrogens is 192 g/mol. The third-order valence-electron chi connectivity index (χ3n) is 3.38. The molecule has 0 aliphatic carbocycles. The summed E-state index contributed by atoms with van der Waals surface area (Å²) in [7, 11) is 0. The fraction of sp³-hybridized carbons (Fsp3) is 0.909. The Balaban J connectivity index is 2.02. The van der Waals surface area contributed by atoms with Gasteiger partial charge < -0.3 is 4.90 Å². The van der Waals surface area contributed by atoms with Crippen molar-refractivity contribution in [3.05, 3.63) is 0 Å². The monoisotopic (exact) mass is 212 g/mol. The second kappa shape index (κ2) is 4.39. The Morgan fingerprint density at radius 3 is 2.40 bits per heavy atom. The number of hydroxylamine groups is 2. The Morgan fingerprint density at radius 1 is 1.20 bits per heavy atom. The van der Waals surface area contributed by atoms with Gasteiger partial charge in [0.1, 0.15) is 0 Å². The lowest BCUT2D eigenvalue weighted by Crippen LogP contribution is -2.52. The zero-order valence-corrected chi connectivity index (χ0v) is 9.61. The third-order valence-corrected chi connectivity index (χ3v) is 3.38. The molecule has 0 saturated carbocycles. The van der Waals surface area contributed by atoms with Gasteiger partial charge in [-0.3, -0.25) is 4.84 Å². The normalized spacial score (nSPS) is 32.1. The number of rotatable bonds is 0. The maximum absolute atomic E-state index is 12.1. The van der Waals surface area contributed by atoms with Gasteiger partial charge in [0.25, 0.3) is 0 Å². The number of hydrogen-bond donors (Lipinski definition) is 0. The van der Waals surface area contributed by atoms with Crippen LogP contribution in [0.25, 0.3) is 0 Å². The van der Waals surface area contributed by atoms with E-state index in [9.17, 15) is 4.79 Å². The molecule has 0 N–H and O–H groups in total. The summed E-state index contributed by atoms with van der Waals surface area (Å²) in [5.41, 5.74) is 0. The first kappa shape index (κ1) is 10.7. The Morgan fingerprint density at radius 2 is 1.87 bits per heavy atom. The molecule has 2 atom stereocenters. The molecule has 2 heterocycles. The van der Waals surface area contributed by atoms with Crippen molar-refractivity contribution >= 4 is 6.03 Å². The maximum Gasteiger partial charge on any atom is 0.344 e. The van der Waals surface area contributed by atoms with E-state index in [-0.39, 0.29) is 6.03 Å². The molecule has 4 nitrogen and oxygen atoms in total. The van der Waals surface area contributed by atoms with Crippen LogP contribution in [0.2, 0.25) is 0 Å². The van der Waals surface area contributed by atoms with Crippen molar-refractivity contribution in [1.29, 1.82) is 0 Å². The van der Waals surface area contributed by atoms with Crippen LogP contribution < -0.4 is 0 Å². The highest BCUT2D eigenvalue weighted by atomic mass is 16.7. The maximum atomic E-state index is 12.1. The molecule has 2 rings (SSSR count). The summed E-state index contributed by atoms with van der Waals surface area (Å²) in [5, 5.41) is 1.53. The summed E-state index contributed by atoms with van der Waals surface area (Å²) in [5.74, 6) is 0. The number of carbonyl (C=O) groups excluding carboxylic acids is 1. The minimum Gasteiger partial charge on any atom is -0.317 e. The van der Waals surface area contributed by atoms with Gasteiger partial charge >= 0.3 is 6.03 Å². The van der Waals surface area contributed by atoms with Crippen molar-refractivity contribution in [2.24, 2.45) is 0 Å². The number of urea groups is 1. The van der Waals surface area contributed by atoms with E-state index in [4.69, 9.17) is 4.84 Å². The van der Waals surface area contributed by atoms with E-state index in [1.807, 2.05) is 4.90 Å². The summed E-state index contributed by atoms with van der Waals surface area (Å²) in [6.45, 7) is 5.68. The van der Waals surface area contributed by atoms with Crippen LogP contribution in [-0.4, -0.2) is 41.2 Å². The molecule has 86 valence electrons. The molecule has 2 aliphatic rings. The summed E-state index contributed by atoms with van der Waals surface area (Å²) in [6, 6.07) is 0.767. The highest BCUT2D eigenvalue weighted by Gasteiger charge is 2.33. The fourth-order valence-electron chi connectivity index (χ4n) is 2.53. The number of nitrogens with zero attached hydrogens (tertiary/aromatic N) is 2. The van der Waals surface area contributed by atoms with Crippen LogP contribution >= 0.6 is 0 Å². The van der Waals surface area contributed by atoms with E-state index in [1.54, 1.807) is 0 Å². The first-order valence-corrected chi connectivity index (χ1v) is 5.93. The molecule has 0 aromatic carbocycles. The van der Waals surface area contributed by atoms with Crippen molar-refractivity contribution in [2.75, 3.05) is 13.2 Å². The van der Waals surface area contributed by atoms with E-state index >= 15 is 0 Å². The molecular formula is C11H20N2O2. The second-order valence-corrected chi connectivity index (χ2v) is 4.61. The SMILES string of the molecule is C[C@@H]1CCC[C@@H](C)N1C(=O)N1CCCO1. The molecule has 2 saturated heterocycles. The molecule has 4 heteroatoms. The van der Waals surface area contributed by atoms with Crippen LogP contribution in [0.3, 0.4) is 0 Å². The first-order chi connectivity index (χ1) is 7.20. The van der Waals surface area contributed by atoms with Gasteiger partial charge in [-0.05, 0) is 39.5 Å². The largest absolute Gasteiger partial charge is 0.344 e. The van der Waals surface area contributed by atoms with Crippen molar-refractivity contribution in [3.63, 3.8) is 0 Å². The standard InChI is InChI=1S/C11H20N2O2/c1-9-5-3-6-10(2)13(9)11(14)12-7-4-8-15-12/h9-10H,3-8H2,1-2H3/t9-,10-/m1/s1. The highest BCUT2D eigenvalue weighted by Crippen LogP contribution is 2.24. The van der Waals surface area contributed by atoms with Crippen molar-refractivity contribution in [2.45, 2.75) is 51.6 Å². The van der Waals surface area contributed by atoms with Crippen molar-refractivity contribution in [3.8, 4) is 0 Å². The fourth-order valence-corrected chi connectivity index (χ4v) is 2.53. The summed E-state index contributed by atoms with van der Waals surface area (Å²) >= 11 is 0. The van der Waals surface area contributed by atoms with Crippen molar-refractivity contribution < 1.29 is 9.63 Å². The van der Waals surface area contributed by atoms with Gasteiger partial charge in [0.05, 0.1) is 13.2 Å².